The molecule has 0 fully saturated rings. The molecule has 3 nitrogen and oxygen atoms in total. The number of benzene rings is 2. The van der Waals surface area contributed by atoms with Gasteiger partial charge in [-0.25, -0.2) is 4.39 Å². The Morgan fingerprint density at radius 2 is 1.50 bits per heavy atom. The number of anilines is 1. The summed E-state index contributed by atoms with van der Waals surface area (Å²) in [7, 11) is 0. The molecule has 0 amide bonds. The normalized spacial score (nSPS) is 7.94. The lowest BCUT2D eigenvalue weighted by atomic mass is 10.2. The van der Waals surface area contributed by atoms with E-state index >= 15 is 0 Å². The fourth-order valence-corrected chi connectivity index (χ4v) is 2.09. The van der Waals surface area contributed by atoms with Gasteiger partial charge in [-0.2, -0.15) is 5.10 Å². The molecular weight excluding hydrogens is 441 g/mol. The third kappa shape index (κ3) is 12.2. The van der Waals surface area contributed by atoms with Gasteiger partial charge in [0.25, 0.3) is 0 Å². The molecule has 0 atom stereocenters. The van der Waals surface area contributed by atoms with Crippen LogP contribution in [0.1, 0.15) is 5.56 Å². The van der Waals surface area contributed by atoms with Crippen LogP contribution in [0.3, 0.4) is 0 Å². The maximum atomic E-state index is 13.0. The molecule has 2 rings (SSSR count). The number of halogens is 2. The van der Waals surface area contributed by atoms with E-state index in [1.807, 2.05) is 12.1 Å². The Kier molecular flexibility index (Phi) is 13.1. The van der Waals surface area contributed by atoms with Gasteiger partial charge >= 0.3 is 0 Å². The highest BCUT2D eigenvalue weighted by Crippen LogP contribution is 2.20. The van der Waals surface area contributed by atoms with Crippen molar-refractivity contribution >= 4 is 40.8 Å². The zero-order valence-corrected chi connectivity index (χ0v) is 18.3. The largest absolute Gasteiger partial charge is 0.330 e. The van der Waals surface area contributed by atoms with E-state index in [1.165, 1.54) is 18.3 Å². The standard InChI is InChI=1S/C14H11ClFN3S.C12H4/c15-12-6-1-2-7-13(12)18-14(20)19-17-9-10-4-3-5-11(16)8-10;1-3-5-7-9-11-12-10-8-6-4-2/h1-9H,(H2,18,19,20);1-2H2/b17-9+;. The number of rotatable bonds is 3. The number of nitrogens with one attached hydrogen (secondary N) is 2. The van der Waals surface area contributed by atoms with E-state index < -0.39 is 0 Å². The maximum absolute atomic E-state index is 13.0. The van der Waals surface area contributed by atoms with Crippen LogP contribution >= 0.6 is 23.8 Å². The molecule has 0 unspecified atom stereocenters. The number of hydrogen-bond donors (Lipinski definition) is 2. The quantitative estimate of drug-likeness (QED) is 0.252. The van der Waals surface area contributed by atoms with Gasteiger partial charge in [0.15, 0.2) is 5.11 Å². The van der Waals surface area contributed by atoms with Crippen LogP contribution in [0.15, 0.2) is 124 Å². The van der Waals surface area contributed by atoms with Crippen molar-refractivity contribution in [3.8, 4) is 0 Å². The van der Waals surface area contributed by atoms with Crippen LogP contribution in [0, 0.1) is 5.82 Å². The topological polar surface area (TPSA) is 36.4 Å². The lowest BCUT2D eigenvalue weighted by Crippen LogP contribution is -2.23. The van der Waals surface area contributed by atoms with Crippen molar-refractivity contribution in [2.24, 2.45) is 5.10 Å². The van der Waals surface area contributed by atoms with Gasteiger partial charge in [-0.3, -0.25) is 5.43 Å². The third-order valence-electron chi connectivity index (χ3n) is 2.96. The number of nitrogens with zero attached hydrogens (tertiary/aromatic N) is 1. The van der Waals surface area contributed by atoms with Crippen molar-refractivity contribution in [3.05, 3.63) is 135 Å². The minimum absolute atomic E-state index is 0.297. The summed E-state index contributed by atoms with van der Waals surface area (Å²) in [5.41, 5.74) is 28.4. The van der Waals surface area contributed by atoms with Gasteiger partial charge < -0.3 is 5.32 Å². The molecule has 0 aromatic heterocycles. The predicted molar refractivity (Wildman–Crippen MR) is 131 cm³/mol. The maximum Gasteiger partial charge on any atom is 0.191 e. The van der Waals surface area contributed by atoms with Gasteiger partial charge in [-0.15, -0.1) is 0 Å². The Hall–Kier alpha value is -4.44. The molecule has 0 saturated heterocycles. The molecule has 32 heavy (non-hydrogen) atoms. The molecule has 0 aliphatic heterocycles. The fraction of sp³-hybridized carbons (Fsp3) is 0. The van der Waals surface area contributed by atoms with E-state index in [4.69, 9.17) is 23.8 Å². The van der Waals surface area contributed by atoms with Gasteiger partial charge in [0.2, 0.25) is 0 Å². The average molecular weight is 456 g/mol. The van der Waals surface area contributed by atoms with E-state index in [2.05, 4.69) is 86.3 Å². The van der Waals surface area contributed by atoms with Gasteiger partial charge in [0.05, 0.1) is 16.9 Å². The highest BCUT2D eigenvalue weighted by molar-refractivity contribution is 7.80. The van der Waals surface area contributed by atoms with Crippen LogP contribution in [-0.2, 0) is 0 Å². The second kappa shape index (κ2) is 16.4. The number of para-hydroxylation sites is 1. The minimum atomic E-state index is -0.314. The van der Waals surface area contributed by atoms with Crippen LogP contribution in [0.2, 0.25) is 5.02 Å². The van der Waals surface area contributed by atoms with Crippen molar-refractivity contribution in [3.63, 3.8) is 0 Å². The number of hydrogen-bond acceptors (Lipinski definition) is 2. The van der Waals surface area contributed by atoms with Crippen molar-refractivity contribution in [1.82, 2.24) is 5.43 Å². The Labute approximate surface area is 196 Å². The smallest absolute Gasteiger partial charge is 0.191 e. The lowest BCUT2D eigenvalue weighted by molar-refractivity contribution is 0.627. The Morgan fingerprint density at radius 1 is 0.906 bits per heavy atom. The molecule has 0 saturated carbocycles. The lowest BCUT2D eigenvalue weighted by Gasteiger charge is -2.08. The second-order valence-electron chi connectivity index (χ2n) is 5.21. The minimum Gasteiger partial charge on any atom is -0.330 e. The van der Waals surface area contributed by atoms with E-state index in [9.17, 15) is 4.39 Å². The third-order valence-corrected chi connectivity index (χ3v) is 3.49. The molecule has 2 aromatic rings. The molecule has 0 aliphatic carbocycles. The molecular formula is C26H15ClFN3S. The van der Waals surface area contributed by atoms with E-state index in [0.29, 0.717) is 21.4 Å². The average Bonchev–Trinajstić information content (AvgIpc) is 2.78. The van der Waals surface area contributed by atoms with Gasteiger partial charge in [0, 0.05) is 0 Å². The summed E-state index contributed by atoms with van der Waals surface area (Å²) in [4.78, 5) is 0. The summed E-state index contributed by atoms with van der Waals surface area (Å²) >= 11 is 11.1. The first-order valence-corrected chi connectivity index (χ1v) is 9.49. The zero-order valence-electron chi connectivity index (χ0n) is 16.7. The second-order valence-corrected chi connectivity index (χ2v) is 6.03. The van der Waals surface area contributed by atoms with Crippen LogP contribution < -0.4 is 10.7 Å². The van der Waals surface area contributed by atoms with Crippen LogP contribution in [0.25, 0.3) is 0 Å². The summed E-state index contributed by atoms with van der Waals surface area (Å²) in [6.07, 6.45) is 1.48. The Balaban J connectivity index is 0.000000368. The molecule has 2 N–H and O–H groups in total. The first-order valence-electron chi connectivity index (χ1n) is 8.71. The molecule has 0 radical (unpaired) electrons. The molecule has 6 heteroatoms. The number of hydrazone groups is 1. The van der Waals surface area contributed by atoms with Crippen molar-refractivity contribution in [2.45, 2.75) is 0 Å². The molecule has 0 bridgehead atoms. The highest BCUT2D eigenvalue weighted by Gasteiger charge is 2.00. The fourth-order valence-electron chi connectivity index (χ4n) is 1.74. The Bertz CT molecular complexity index is 1310. The molecule has 0 spiro atoms. The molecule has 154 valence electrons. The summed E-state index contributed by atoms with van der Waals surface area (Å²) in [5.74, 6) is -0.314. The first kappa shape index (κ1) is 25.6. The molecule has 0 aliphatic rings. The predicted octanol–water partition coefficient (Wildman–Crippen LogP) is 6.15. The van der Waals surface area contributed by atoms with Crippen molar-refractivity contribution in [1.29, 1.82) is 0 Å². The van der Waals surface area contributed by atoms with E-state index in [-0.39, 0.29) is 5.82 Å². The molecule has 0 heterocycles. The summed E-state index contributed by atoms with van der Waals surface area (Å²) < 4.78 is 13.0. The van der Waals surface area contributed by atoms with Gasteiger partial charge in [0.1, 0.15) is 5.82 Å². The molecule has 2 aromatic carbocycles. The van der Waals surface area contributed by atoms with Crippen molar-refractivity contribution in [2.75, 3.05) is 5.32 Å². The zero-order chi connectivity index (χ0) is 23.4. The summed E-state index contributed by atoms with van der Waals surface area (Å²) in [5, 5.41) is 7.69. The van der Waals surface area contributed by atoms with Crippen LogP contribution in [0.5, 0.6) is 0 Å². The monoisotopic (exact) mass is 455 g/mol. The van der Waals surface area contributed by atoms with Crippen LogP contribution in [0.4, 0.5) is 10.1 Å². The first-order chi connectivity index (χ1) is 15.6. The van der Waals surface area contributed by atoms with E-state index in [0.717, 1.165) is 0 Å². The Morgan fingerprint density at radius 3 is 2.06 bits per heavy atom. The number of thiocarbonyl (C=S) groups is 1. The SMILES string of the molecule is C=C=C=C=C=C=C=C=C=C=C=C.Fc1cccc(/C=N/NC(=S)Nc2ccccc2Cl)c1. The van der Waals surface area contributed by atoms with Crippen molar-refractivity contribution < 1.29 is 4.39 Å². The van der Waals surface area contributed by atoms with Gasteiger partial charge in [-0.1, -0.05) is 47.3 Å². The van der Waals surface area contributed by atoms with E-state index in [1.54, 1.807) is 24.3 Å². The summed E-state index contributed by atoms with van der Waals surface area (Å²) in [6, 6.07) is 13.3. The summed E-state index contributed by atoms with van der Waals surface area (Å²) in [6.45, 7) is 6.56. The van der Waals surface area contributed by atoms with Crippen LogP contribution in [-0.4, -0.2) is 11.3 Å². The van der Waals surface area contributed by atoms with Gasteiger partial charge in [-0.05, 0) is 101 Å². The highest BCUT2D eigenvalue weighted by atomic mass is 35.5.